The largest absolute Gasteiger partial charge is 0.444 e. The standard InChI is InChI=1S/C14H20N4O2/c1-14(2,3)20-13(19)17-10(8-15)11-9-16-12-6-4-5-7-18(11)12/h4-7,9-10H,8,15H2,1-3H3,(H,17,19). The number of hydrogen-bond acceptors (Lipinski definition) is 4. The molecule has 0 fully saturated rings. The van der Waals surface area contributed by atoms with Crippen LogP contribution in [0.3, 0.4) is 0 Å². The summed E-state index contributed by atoms with van der Waals surface area (Å²) in [6.07, 6.45) is 3.11. The molecule has 0 bridgehead atoms. The minimum Gasteiger partial charge on any atom is -0.444 e. The number of amides is 1. The lowest BCUT2D eigenvalue weighted by Gasteiger charge is -2.22. The van der Waals surface area contributed by atoms with Crippen molar-refractivity contribution in [2.75, 3.05) is 6.54 Å². The maximum Gasteiger partial charge on any atom is 0.408 e. The van der Waals surface area contributed by atoms with Crippen LogP contribution in [0.15, 0.2) is 30.6 Å². The number of nitrogens with one attached hydrogen (secondary N) is 1. The summed E-state index contributed by atoms with van der Waals surface area (Å²) < 4.78 is 7.14. The van der Waals surface area contributed by atoms with Crippen LogP contribution in [0.4, 0.5) is 4.79 Å². The average molecular weight is 276 g/mol. The molecular formula is C14H20N4O2. The van der Waals surface area contributed by atoms with Crippen molar-refractivity contribution >= 4 is 11.7 Å². The van der Waals surface area contributed by atoms with Crippen molar-refractivity contribution in [1.29, 1.82) is 0 Å². The molecule has 0 radical (unpaired) electrons. The minimum absolute atomic E-state index is 0.266. The number of fused-ring (bicyclic) bond motifs is 1. The normalized spacial score (nSPS) is 13.2. The summed E-state index contributed by atoms with van der Waals surface area (Å²) in [6, 6.07) is 5.36. The van der Waals surface area contributed by atoms with Gasteiger partial charge < -0.3 is 20.2 Å². The zero-order valence-corrected chi connectivity index (χ0v) is 12.0. The van der Waals surface area contributed by atoms with E-state index in [1.54, 1.807) is 6.20 Å². The molecule has 0 aliphatic carbocycles. The molecule has 2 aromatic heterocycles. The van der Waals surface area contributed by atoms with Crippen molar-refractivity contribution in [3.63, 3.8) is 0 Å². The fraction of sp³-hybridized carbons (Fsp3) is 0.429. The molecular weight excluding hydrogens is 256 g/mol. The highest BCUT2D eigenvalue weighted by molar-refractivity contribution is 5.68. The molecule has 20 heavy (non-hydrogen) atoms. The van der Waals surface area contributed by atoms with Gasteiger partial charge in [-0.25, -0.2) is 9.78 Å². The van der Waals surface area contributed by atoms with Crippen LogP contribution in [0.5, 0.6) is 0 Å². The number of alkyl carbamates (subject to hydrolysis) is 1. The fourth-order valence-corrected chi connectivity index (χ4v) is 1.91. The number of pyridine rings is 1. The Morgan fingerprint density at radius 1 is 1.50 bits per heavy atom. The van der Waals surface area contributed by atoms with E-state index < -0.39 is 11.7 Å². The number of nitrogens with two attached hydrogens (primary N) is 1. The predicted molar refractivity (Wildman–Crippen MR) is 76.4 cm³/mol. The number of nitrogens with zero attached hydrogens (tertiary/aromatic N) is 2. The Bertz CT molecular complexity index is 600. The summed E-state index contributed by atoms with van der Waals surface area (Å²) in [5, 5.41) is 2.77. The van der Waals surface area contributed by atoms with Gasteiger partial charge >= 0.3 is 6.09 Å². The highest BCUT2D eigenvalue weighted by Gasteiger charge is 2.21. The van der Waals surface area contributed by atoms with Crippen LogP contribution in [0, 0.1) is 0 Å². The molecule has 0 aromatic carbocycles. The van der Waals surface area contributed by atoms with Gasteiger partial charge in [-0.3, -0.25) is 0 Å². The van der Waals surface area contributed by atoms with Crippen LogP contribution in [0.2, 0.25) is 0 Å². The second kappa shape index (κ2) is 5.50. The summed E-state index contributed by atoms with van der Waals surface area (Å²) in [5.41, 5.74) is 6.86. The fourth-order valence-electron chi connectivity index (χ4n) is 1.91. The van der Waals surface area contributed by atoms with E-state index in [1.165, 1.54) is 0 Å². The van der Waals surface area contributed by atoms with E-state index in [2.05, 4.69) is 10.3 Å². The zero-order chi connectivity index (χ0) is 14.8. The lowest BCUT2D eigenvalue weighted by atomic mass is 10.2. The number of carbonyl (C=O) groups excluding carboxylic acids is 1. The molecule has 0 aliphatic rings. The monoisotopic (exact) mass is 276 g/mol. The lowest BCUT2D eigenvalue weighted by Crippen LogP contribution is -2.38. The first-order valence-electron chi connectivity index (χ1n) is 6.52. The third kappa shape index (κ3) is 3.27. The van der Waals surface area contributed by atoms with Gasteiger partial charge in [0.25, 0.3) is 0 Å². The summed E-state index contributed by atoms with van der Waals surface area (Å²) in [6.45, 7) is 5.72. The van der Waals surface area contributed by atoms with Gasteiger partial charge in [0.05, 0.1) is 17.9 Å². The van der Waals surface area contributed by atoms with Gasteiger partial charge in [0, 0.05) is 12.7 Å². The molecule has 6 heteroatoms. The molecule has 1 amide bonds. The number of ether oxygens (including phenoxy) is 1. The SMILES string of the molecule is CC(C)(C)OC(=O)NC(CN)c1cnc2ccccn12. The van der Waals surface area contributed by atoms with E-state index in [0.717, 1.165) is 11.3 Å². The zero-order valence-electron chi connectivity index (χ0n) is 12.0. The second-order valence-corrected chi connectivity index (χ2v) is 5.55. The third-order valence-electron chi connectivity index (χ3n) is 2.73. The number of carbonyl (C=O) groups is 1. The van der Waals surface area contributed by atoms with Gasteiger partial charge in [0.1, 0.15) is 11.2 Å². The Balaban J connectivity index is 2.18. The first-order valence-corrected chi connectivity index (χ1v) is 6.52. The highest BCUT2D eigenvalue weighted by atomic mass is 16.6. The predicted octanol–water partition coefficient (Wildman–Crippen LogP) is 1.86. The maximum absolute atomic E-state index is 11.8. The van der Waals surface area contributed by atoms with Crippen molar-refractivity contribution in [3.8, 4) is 0 Å². The van der Waals surface area contributed by atoms with Crippen LogP contribution in [0.25, 0.3) is 5.65 Å². The van der Waals surface area contributed by atoms with Gasteiger partial charge in [-0.1, -0.05) is 6.07 Å². The molecule has 6 nitrogen and oxygen atoms in total. The van der Waals surface area contributed by atoms with E-state index in [-0.39, 0.29) is 12.6 Å². The number of imidazole rings is 1. The first kappa shape index (κ1) is 14.3. The van der Waals surface area contributed by atoms with Gasteiger partial charge in [-0.05, 0) is 32.9 Å². The Morgan fingerprint density at radius 3 is 2.90 bits per heavy atom. The number of hydrogen-bond donors (Lipinski definition) is 2. The van der Waals surface area contributed by atoms with Crippen molar-refractivity contribution in [2.45, 2.75) is 32.4 Å². The van der Waals surface area contributed by atoms with Crippen molar-refractivity contribution in [3.05, 3.63) is 36.3 Å². The van der Waals surface area contributed by atoms with Crippen molar-refractivity contribution in [1.82, 2.24) is 14.7 Å². The van der Waals surface area contributed by atoms with Gasteiger partial charge in [-0.15, -0.1) is 0 Å². The molecule has 1 atom stereocenters. The third-order valence-corrected chi connectivity index (χ3v) is 2.73. The average Bonchev–Trinajstić information content (AvgIpc) is 2.77. The van der Waals surface area contributed by atoms with Gasteiger partial charge in [0.2, 0.25) is 0 Å². The van der Waals surface area contributed by atoms with Crippen LogP contribution < -0.4 is 11.1 Å². The van der Waals surface area contributed by atoms with E-state index in [4.69, 9.17) is 10.5 Å². The molecule has 2 heterocycles. The molecule has 3 N–H and O–H groups in total. The van der Waals surface area contributed by atoms with E-state index in [0.29, 0.717) is 0 Å². The molecule has 108 valence electrons. The minimum atomic E-state index is -0.539. The molecule has 1 unspecified atom stereocenters. The van der Waals surface area contributed by atoms with E-state index in [9.17, 15) is 4.79 Å². The van der Waals surface area contributed by atoms with Gasteiger partial charge in [0.15, 0.2) is 0 Å². The Morgan fingerprint density at radius 2 is 2.25 bits per heavy atom. The molecule has 0 aliphatic heterocycles. The van der Waals surface area contributed by atoms with Crippen LogP contribution in [-0.2, 0) is 4.74 Å². The van der Waals surface area contributed by atoms with E-state index in [1.807, 2.05) is 49.6 Å². The Kier molecular flexibility index (Phi) is 3.94. The summed E-state index contributed by atoms with van der Waals surface area (Å²) in [5.74, 6) is 0. The topological polar surface area (TPSA) is 81.6 Å². The summed E-state index contributed by atoms with van der Waals surface area (Å²) >= 11 is 0. The molecule has 0 spiro atoms. The smallest absolute Gasteiger partial charge is 0.408 e. The van der Waals surface area contributed by atoms with E-state index >= 15 is 0 Å². The second-order valence-electron chi connectivity index (χ2n) is 5.55. The number of aromatic nitrogens is 2. The summed E-state index contributed by atoms with van der Waals surface area (Å²) in [7, 11) is 0. The number of rotatable bonds is 3. The van der Waals surface area contributed by atoms with Crippen LogP contribution in [0.1, 0.15) is 32.5 Å². The Labute approximate surface area is 117 Å². The van der Waals surface area contributed by atoms with Crippen LogP contribution >= 0.6 is 0 Å². The first-order chi connectivity index (χ1) is 9.40. The highest BCUT2D eigenvalue weighted by Crippen LogP contribution is 2.15. The Hall–Kier alpha value is -2.08. The summed E-state index contributed by atoms with van der Waals surface area (Å²) in [4.78, 5) is 16.1. The van der Waals surface area contributed by atoms with Crippen molar-refractivity contribution in [2.24, 2.45) is 5.73 Å². The van der Waals surface area contributed by atoms with Gasteiger partial charge in [-0.2, -0.15) is 0 Å². The molecule has 2 rings (SSSR count). The maximum atomic E-state index is 11.8. The quantitative estimate of drug-likeness (QED) is 0.896. The molecule has 2 aromatic rings. The lowest BCUT2D eigenvalue weighted by molar-refractivity contribution is 0.0504. The van der Waals surface area contributed by atoms with Crippen LogP contribution in [-0.4, -0.2) is 27.6 Å². The molecule has 0 saturated heterocycles. The van der Waals surface area contributed by atoms with Crippen molar-refractivity contribution < 1.29 is 9.53 Å². The molecule has 0 saturated carbocycles.